The van der Waals surface area contributed by atoms with Crippen molar-refractivity contribution in [3.63, 3.8) is 0 Å². The third-order valence-electron chi connectivity index (χ3n) is 4.19. The van der Waals surface area contributed by atoms with Crippen LogP contribution in [0.2, 0.25) is 5.02 Å². The van der Waals surface area contributed by atoms with E-state index in [4.69, 9.17) is 11.6 Å². The van der Waals surface area contributed by atoms with Gasteiger partial charge in [0, 0.05) is 29.1 Å². The molecule has 0 amide bonds. The Morgan fingerprint density at radius 1 is 1.47 bits per heavy atom. The Hall–Kier alpha value is -0.250. The first kappa shape index (κ1) is 15.1. The molecule has 19 heavy (non-hydrogen) atoms. The molecule has 0 saturated carbocycles. The molecule has 0 radical (unpaired) electrons. The zero-order valence-corrected chi connectivity index (χ0v) is 14.2. The summed E-state index contributed by atoms with van der Waals surface area (Å²) in [5.74, 6) is 0. The van der Waals surface area contributed by atoms with Crippen LogP contribution in [0.15, 0.2) is 22.7 Å². The number of rotatable bonds is 3. The second-order valence-corrected chi connectivity index (χ2v) is 6.90. The Morgan fingerprint density at radius 3 is 2.84 bits per heavy atom. The molecule has 1 heterocycles. The van der Waals surface area contributed by atoms with Crippen LogP contribution < -0.4 is 10.2 Å². The molecule has 1 aromatic carbocycles. The minimum atomic E-state index is 0.164. The maximum atomic E-state index is 6.41. The Morgan fingerprint density at radius 2 is 2.21 bits per heavy atom. The van der Waals surface area contributed by atoms with Gasteiger partial charge in [-0.3, -0.25) is 0 Å². The summed E-state index contributed by atoms with van der Waals surface area (Å²) in [6.07, 6.45) is 2.24. The number of hydrogen-bond donors (Lipinski definition) is 1. The van der Waals surface area contributed by atoms with E-state index in [-0.39, 0.29) is 5.54 Å². The SMILES string of the molecule is CCC1CNC(C)(CC)CN1c1cc(Br)ccc1Cl. The summed E-state index contributed by atoms with van der Waals surface area (Å²) in [6, 6.07) is 6.60. The second-order valence-electron chi connectivity index (χ2n) is 5.58. The molecular formula is C15H22BrClN2. The first-order valence-corrected chi connectivity index (χ1v) is 8.13. The van der Waals surface area contributed by atoms with Crippen molar-refractivity contribution in [1.29, 1.82) is 0 Å². The number of anilines is 1. The molecule has 0 spiro atoms. The maximum Gasteiger partial charge on any atom is 0.0640 e. The van der Waals surface area contributed by atoms with Crippen molar-refractivity contribution in [3.8, 4) is 0 Å². The second kappa shape index (κ2) is 6.02. The summed E-state index contributed by atoms with van der Waals surface area (Å²) < 4.78 is 1.08. The molecule has 2 unspecified atom stereocenters. The molecule has 1 N–H and O–H groups in total. The van der Waals surface area contributed by atoms with Gasteiger partial charge in [-0.1, -0.05) is 41.4 Å². The molecule has 106 valence electrons. The van der Waals surface area contributed by atoms with Gasteiger partial charge in [-0.2, -0.15) is 0 Å². The number of halogens is 2. The highest BCUT2D eigenvalue weighted by atomic mass is 79.9. The molecule has 1 aromatic rings. The van der Waals surface area contributed by atoms with Gasteiger partial charge in [-0.15, -0.1) is 0 Å². The Bertz CT molecular complexity index is 452. The molecule has 1 aliphatic heterocycles. The average Bonchev–Trinajstić information content (AvgIpc) is 2.41. The van der Waals surface area contributed by atoms with E-state index in [1.54, 1.807) is 0 Å². The van der Waals surface area contributed by atoms with Gasteiger partial charge in [0.2, 0.25) is 0 Å². The van der Waals surface area contributed by atoms with Crippen LogP contribution in [-0.4, -0.2) is 24.7 Å². The fourth-order valence-corrected chi connectivity index (χ4v) is 3.20. The fraction of sp³-hybridized carbons (Fsp3) is 0.600. The fourth-order valence-electron chi connectivity index (χ4n) is 2.62. The first-order chi connectivity index (χ1) is 8.99. The average molecular weight is 346 g/mol. The Labute approximate surface area is 129 Å². The van der Waals surface area contributed by atoms with E-state index in [2.05, 4.69) is 53.0 Å². The number of nitrogens with zero attached hydrogens (tertiary/aromatic N) is 1. The lowest BCUT2D eigenvalue weighted by atomic mass is 9.92. The molecule has 1 saturated heterocycles. The van der Waals surface area contributed by atoms with Gasteiger partial charge in [-0.05, 0) is 38.0 Å². The van der Waals surface area contributed by atoms with Crippen LogP contribution in [0.4, 0.5) is 5.69 Å². The van der Waals surface area contributed by atoms with Crippen molar-refractivity contribution in [2.75, 3.05) is 18.0 Å². The van der Waals surface area contributed by atoms with E-state index in [0.717, 1.165) is 41.1 Å². The molecule has 1 aliphatic rings. The van der Waals surface area contributed by atoms with Gasteiger partial charge in [0.25, 0.3) is 0 Å². The van der Waals surface area contributed by atoms with E-state index >= 15 is 0 Å². The molecule has 2 rings (SSSR count). The zero-order chi connectivity index (χ0) is 14.0. The predicted octanol–water partition coefficient (Wildman–Crippen LogP) is 4.46. The standard InChI is InChI=1S/C15H22BrClN2/c1-4-12-9-18-15(3,5-2)10-19(12)14-8-11(16)6-7-13(14)17/h6-8,12,18H,4-5,9-10H2,1-3H3. The highest BCUT2D eigenvalue weighted by Crippen LogP contribution is 2.34. The van der Waals surface area contributed by atoms with Crippen molar-refractivity contribution in [2.24, 2.45) is 0 Å². The normalized spacial score (nSPS) is 27.6. The van der Waals surface area contributed by atoms with E-state index < -0.39 is 0 Å². The van der Waals surface area contributed by atoms with Gasteiger partial charge >= 0.3 is 0 Å². The summed E-state index contributed by atoms with van der Waals surface area (Å²) >= 11 is 9.95. The molecular weight excluding hydrogens is 324 g/mol. The Kier molecular flexibility index (Phi) is 4.80. The van der Waals surface area contributed by atoms with Crippen LogP contribution in [-0.2, 0) is 0 Å². The van der Waals surface area contributed by atoms with Crippen LogP contribution in [0.3, 0.4) is 0 Å². The van der Waals surface area contributed by atoms with E-state index in [0.29, 0.717) is 6.04 Å². The number of benzene rings is 1. The van der Waals surface area contributed by atoms with E-state index in [9.17, 15) is 0 Å². The number of piperazine rings is 1. The zero-order valence-electron chi connectivity index (χ0n) is 11.8. The number of hydrogen-bond acceptors (Lipinski definition) is 2. The minimum Gasteiger partial charge on any atom is -0.364 e. The monoisotopic (exact) mass is 344 g/mol. The van der Waals surface area contributed by atoms with Crippen LogP contribution in [0.25, 0.3) is 0 Å². The largest absolute Gasteiger partial charge is 0.364 e. The summed E-state index contributed by atoms with van der Waals surface area (Å²) in [6.45, 7) is 8.78. The van der Waals surface area contributed by atoms with Crippen LogP contribution in [0, 0.1) is 0 Å². The molecule has 1 fully saturated rings. The Balaban J connectivity index is 2.35. The predicted molar refractivity (Wildman–Crippen MR) is 87.3 cm³/mol. The highest BCUT2D eigenvalue weighted by Gasteiger charge is 2.34. The van der Waals surface area contributed by atoms with Gasteiger partial charge in [0.1, 0.15) is 0 Å². The van der Waals surface area contributed by atoms with Crippen molar-refractivity contribution in [3.05, 3.63) is 27.7 Å². The van der Waals surface area contributed by atoms with E-state index in [1.807, 2.05) is 12.1 Å². The minimum absolute atomic E-state index is 0.164. The van der Waals surface area contributed by atoms with E-state index in [1.165, 1.54) is 0 Å². The maximum absolute atomic E-state index is 6.41. The molecule has 0 aliphatic carbocycles. The highest BCUT2D eigenvalue weighted by molar-refractivity contribution is 9.10. The van der Waals surface area contributed by atoms with Gasteiger partial charge in [-0.25, -0.2) is 0 Å². The lowest BCUT2D eigenvalue weighted by Gasteiger charge is -2.47. The third-order valence-corrected chi connectivity index (χ3v) is 5.01. The summed E-state index contributed by atoms with van der Waals surface area (Å²) in [4.78, 5) is 2.47. The third kappa shape index (κ3) is 3.26. The van der Waals surface area contributed by atoms with Crippen molar-refractivity contribution in [2.45, 2.75) is 45.2 Å². The molecule has 0 bridgehead atoms. The summed E-state index contributed by atoms with van der Waals surface area (Å²) in [5, 5.41) is 4.52. The lowest BCUT2D eigenvalue weighted by molar-refractivity contribution is 0.276. The summed E-state index contributed by atoms with van der Waals surface area (Å²) in [5.41, 5.74) is 1.31. The molecule has 2 atom stereocenters. The molecule has 0 aromatic heterocycles. The van der Waals surface area contributed by atoms with Crippen molar-refractivity contribution >= 4 is 33.2 Å². The topological polar surface area (TPSA) is 15.3 Å². The van der Waals surface area contributed by atoms with Crippen LogP contribution >= 0.6 is 27.5 Å². The molecule has 4 heteroatoms. The van der Waals surface area contributed by atoms with Crippen molar-refractivity contribution < 1.29 is 0 Å². The number of nitrogens with one attached hydrogen (secondary N) is 1. The lowest BCUT2D eigenvalue weighted by Crippen LogP contribution is -2.62. The quantitative estimate of drug-likeness (QED) is 0.870. The van der Waals surface area contributed by atoms with Crippen molar-refractivity contribution in [1.82, 2.24) is 5.32 Å². The smallest absolute Gasteiger partial charge is 0.0640 e. The van der Waals surface area contributed by atoms with Gasteiger partial charge < -0.3 is 10.2 Å². The summed E-state index contributed by atoms with van der Waals surface area (Å²) in [7, 11) is 0. The van der Waals surface area contributed by atoms with Gasteiger partial charge in [0.05, 0.1) is 10.7 Å². The van der Waals surface area contributed by atoms with Gasteiger partial charge in [0.15, 0.2) is 0 Å². The molecule has 2 nitrogen and oxygen atoms in total. The van der Waals surface area contributed by atoms with Crippen LogP contribution in [0.5, 0.6) is 0 Å². The van der Waals surface area contributed by atoms with Crippen LogP contribution in [0.1, 0.15) is 33.6 Å². The first-order valence-electron chi connectivity index (χ1n) is 6.96.